The fraction of sp³-hybridized carbons (Fsp3) is 0.778. The molecule has 1 saturated heterocycles. The monoisotopic (exact) mass is 308 g/mol. The van der Waals surface area contributed by atoms with Gasteiger partial charge in [-0.1, -0.05) is 41.0 Å². The van der Waals surface area contributed by atoms with Crippen LogP contribution in [0.1, 0.15) is 69.7 Å². The minimum atomic E-state index is 0.241. The zero-order chi connectivity index (χ0) is 15.7. The highest BCUT2D eigenvalue weighted by Gasteiger charge is 2.32. The lowest BCUT2D eigenvalue weighted by molar-refractivity contribution is 0.0841. The van der Waals surface area contributed by atoms with E-state index in [2.05, 4.69) is 51.7 Å². The van der Waals surface area contributed by atoms with Crippen molar-refractivity contribution in [3.8, 4) is 0 Å². The molecule has 1 unspecified atom stereocenters. The Bertz CT molecular complexity index is 450. The van der Waals surface area contributed by atoms with Gasteiger partial charge >= 0.3 is 0 Å². The minimum absolute atomic E-state index is 0.241. The number of thiophene rings is 1. The number of nitrogens with two attached hydrogens (primary N) is 1. The largest absolute Gasteiger partial charge is 0.329 e. The van der Waals surface area contributed by atoms with Gasteiger partial charge in [-0.2, -0.15) is 0 Å². The van der Waals surface area contributed by atoms with Crippen LogP contribution in [0.25, 0.3) is 0 Å². The third-order valence-corrected chi connectivity index (χ3v) is 6.83. The Morgan fingerprint density at radius 3 is 2.33 bits per heavy atom. The maximum absolute atomic E-state index is 6.12. The molecule has 3 heteroatoms. The Balaban J connectivity index is 2.09. The van der Waals surface area contributed by atoms with E-state index in [-0.39, 0.29) is 5.41 Å². The summed E-state index contributed by atoms with van der Waals surface area (Å²) < 4.78 is 0. The van der Waals surface area contributed by atoms with Crippen molar-refractivity contribution in [2.24, 2.45) is 11.1 Å². The van der Waals surface area contributed by atoms with Gasteiger partial charge in [0.25, 0.3) is 0 Å². The van der Waals surface area contributed by atoms with E-state index in [1.165, 1.54) is 42.1 Å². The van der Waals surface area contributed by atoms with Gasteiger partial charge in [0.1, 0.15) is 0 Å². The third-order valence-electron chi connectivity index (χ3n) is 5.22. The summed E-state index contributed by atoms with van der Waals surface area (Å²) in [5.74, 6) is 0. The normalized spacial score (nSPS) is 21.4. The van der Waals surface area contributed by atoms with E-state index in [9.17, 15) is 0 Å². The van der Waals surface area contributed by atoms with E-state index in [4.69, 9.17) is 5.73 Å². The standard InChI is InChI=1S/C18H32N2S/c1-6-18(5)9-11-20(12-10-18)14(13-19)15-7-8-16(21-15)17(2,3)4/h7-8,14H,6,9-13,19H2,1-5H3. The second kappa shape index (κ2) is 6.39. The molecule has 1 aliphatic rings. The summed E-state index contributed by atoms with van der Waals surface area (Å²) in [6.45, 7) is 14.7. The number of nitrogens with zero attached hydrogens (tertiary/aromatic N) is 1. The molecule has 0 amide bonds. The van der Waals surface area contributed by atoms with E-state index in [0.717, 1.165) is 6.54 Å². The van der Waals surface area contributed by atoms with Crippen LogP contribution in [-0.4, -0.2) is 24.5 Å². The fourth-order valence-electron chi connectivity index (χ4n) is 3.11. The molecule has 0 saturated carbocycles. The van der Waals surface area contributed by atoms with Crippen LogP contribution in [0.4, 0.5) is 0 Å². The van der Waals surface area contributed by atoms with Gasteiger partial charge in [-0.3, -0.25) is 4.90 Å². The Hall–Kier alpha value is -0.380. The van der Waals surface area contributed by atoms with Crippen molar-refractivity contribution >= 4 is 11.3 Å². The lowest BCUT2D eigenvalue weighted by atomic mass is 9.78. The topological polar surface area (TPSA) is 29.3 Å². The van der Waals surface area contributed by atoms with Crippen molar-refractivity contribution in [1.29, 1.82) is 0 Å². The van der Waals surface area contributed by atoms with Crippen molar-refractivity contribution in [2.75, 3.05) is 19.6 Å². The zero-order valence-corrected chi connectivity index (χ0v) is 15.2. The summed E-state index contributed by atoms with van der Waals surface area (Å²) >= 11 is 1.95. The highest BCUT2D eigenvalue weighted by molar-refractivity contribution is 7.12. The zero-order valence-electron chi connectivity index (χ0n) is 14.4. The van der Waals surface area contributed by atoms with E-state index in [1.54, 1.807) is 0 Å². The molecule has 1 aromatic rings. The van der Waals surface area contributed by atoms with Crippen LogP contribution in [0.2, 0.25) is 0 Å². The summed E-state index contributed by atoms with van der Waals surface area (Å²) in [5, 5.41) is 0. The molecule has 2 rings (SSSR count). The first kappa shape index (κ1) is 17.0. The van der Waals surface area contributed by atoms with Gasteiger partial charge in [0.05, 0.1) is 6.04 Å². The summed E-state index contributed by atoms with van der Waals surface area (Å²) in [4.78, 5) is 5.52. The number of likely N-dealkylation sites (tertiary alicyclic amines) is 1. The van der Waals surface area contributed by atoms with Gasteiger partial charge in [0.2, 0.25) is 0 Å². The second-order valence-electron chi connectivity index (χ2n) is 7.90. The molecule has 2 heterocycles. The van der Waals surface area contributed by atoms with Crippen molar-refractivity contribution < 1.29 is 0 Å². The van der Waals surface area contributed by atoms with Gasteiger partial charge in [-0.25, -0.2) is 0 Å². The van der Waals surface area contributed by atoms with Crippen LogP contribution in [0.15, 0.2) is 12.1 Å². The molecule has 120 valence electrons. The van der Waals surface area contributed by atoms with Crippen LogP contribution in [0.3, 0.4) is 0 Å². The maximum Gasteiger partial charge on any atom is 0.0564 e. The average molecular weight is 309 g/mol. The summed E-state index contributed by atoms with van der Waals surface area (Å²) in [5.41, 5.74) is 6.90. The molecule has 0 bridgehead atoms. The summed E-state index contributed by atoms with van der Waals surface area (Å²) in [7, 11) is 0. The number of hydrogen-bond acceptors (Lipinski definition) is 3. The van der Waals surface area contributed by atoms with E-state index >= 15 is 0 Å². The number of rotatable bonds is 4. The van der Waals surface area contributed by atoms with Crippen LogP contribution >= 0.6 is 11.3 Å². The fourth-order valence-corrected chi connectivity index (χ4v) is 4.32. The van der Waals surface area contributed by atoms with Crippen molar-refractivity contribution in [3.05, 3.63) is 21.9 Å². The number of hydrogen-bond donors (Lipinski definition) is 1. The Labute approximate surface area is 134 Å². The molecule has 21 heavy (non-hydrogen) atoms. The smallest absolute Gasteiger partial charge is 0.0564 e. The van der Waals surface area contributed by atoms with Crippen molar-refractivity contribution in [2.45, 2.75) is 65.3 Å². The second-order valence-corrected chi connectivity index (χ2v) is 9.02. The Morgan fingerprint density at radius 1 is 1.29 bits per heavy atom. The molecular weight excluding hydrogens is 276 g/mol. The predicted molar refractivity (Wildman–Crippen MR) is 94.0 cm³/mol. The first-order valence-corrected chi connectivity index (χ1v) is 9.15. The van der Waals surface area contributed by atoms with Gasteiger partial charge in [0.15, 0.2) is 0 Å². The van der Waals surface area contributed by atoms with Gasteiger partial charge in [0, 0.05) is 16.3 Å². The molecule has 0 spiro atoms. The summed E-state index contributed by atoms with van der Waals surface area (Å²) in [6.07, 6.45) is 3.90. The van der Waals surface area contributed by atoms with Gasteiger partial charge in [-0.05, 0) is 48.9 Å². The molecule has 0 aromatic carbocycles. The first-order valence-electron chi connectivity index (χ1n) is 8.33. The van der Waals surface area contributed by atoms with Crippen LogP contribution < -0.4 is 5.73 Å². The quantitative estimate of drug-likeness (QED) is 0.883. The Kier molecular flexibility index (Phi) is 5.17. The third kappa shape index (κ3) is 3.88. The van der Waals surface area contributed by atoms with Crippen LogP contribution in [0.5, 0.6) is 0 Å². The first-order chi connectivity index (χ1) is 9.79. The van der Waals surface area contributed by atoms with Gasteiger partial charge in [-0.15, -0.1) is 11.3 Å². The molecule has 2 N–H and O–H groups in total. The summed E-state index contributed by atoms with van der Waals surface area (Å²) in [6, 6.07) is 5.01. The molecule has 1 atom stereocenters. The average Bonchev–Trinajstić information content (AvgIpc) is 2.92. The van der Waals surface area contributed by atoms with E-state index in [0.29, 0.717) is 11.5 Å². The van der Waals surface area contributed by atoms with E-state index in [1.807, 2.05) is 11.3 Å². The molecule has 0 radical (unpaired) electrons. The molecule has 1 fully saturated rings. The maximum atomic E-state index is 6.12. The lowest BCUT2D eigenvalue weighted by Crippen LogP contribution is -2.42. The highest BCUT2D eigenvalue weighted by atomic mass is 32.1. The van der Waals surface area contributed by atoms with Crippen molar-refractivity contribution in [3.63, 3.8) is 0 Å². The molecule has 0 aliphatic carbocycles. The Morgan fingerprint density at radius 2 is 1.90 bits per heavy atom. The van der Waals surface area contributed by atoms with Crippen molar-refractivity contribution in [1.82, 2.24) is 4.90 Å². The molecule has 1 aliphatic heterocycles. The highest BCUT2D eigenvalue weighted by Crippen LogP contribution is 2.39. The molecule has 2 nitrogen and oxygen atoms in total. The minimum Gasteiger partial charge on any atom is -0.329 e. The predicted octanol–water partition coefficient (Wildman–Crippen LogP) is 4.56. The number of piperidine rings is 1. The van der Waals surface area contributed by atoms with Crippen LogP contribution in [0, 0.1) is 5.41 Å². The molecular formula is C18H32N2S. The van der Waals surface area contributed by atoms with Crippen LogP contribution in [-0.2, 0) is 5.41 Å². The SMILES string of the molecule is CCC1(C)CCN(C(CN)c2ccc(C(C)(C)C)s2)CC1. The lowest BCUT2D eigenvalue weighted by Gasteiger charge is -2.42. The van der Waals surface area contributed by atoms with E-state index < -0.39 is 0 Å². The van der Waals surface area contributed by atoms with Gasteiger partial charge < -0.3 is 5.73 Å². The molecule has 1 aromatic heterocycles.